The number of halogens is 1. The number of anilines is 2. The van der Waals surface area contributed by atoms with Crippen LogP contribution in [0.15, 0.2) is 58.3 Å². The number of carboxylic acid groups (broad SMARTS) is 1. The van der Waals surface area contributed by atoms with E-state index in [0.717, 1.165) is 31.4 Å². The molecule has 0 spiro atoms. The summed E-state index contributed by atoms with van der Waals surface area (Å²) in [6.45, 7) is 12.8. The number of esters is 1. The highest BCUT2D eigenvalue weighted by Crippen LogP contribution is 2.55. The minimum absolute atomic E-state index is 0.0233. The molecule has 5 bridgehead atoms. The Balaban J connectivity index is 1.22. The Bertz CT molecular complexity index is 3350. The second kappa shape index (κ2) is 22.8. The zero-order valence-corrected chi connectivity index (χ0v) is 46.6. The Morgan fingerprint density at radius 3 is 2.30 bits per heavy atom. The summed E-state index contributed by atoms with van der Waals surface area (Å²) in [5, 5.41) is 77.6. The summed E-state index contributed by atoms with van der Waals surface area (Å²) in [7, 11) is 4.39. The Labute approximate surface area is 461 Å². The topological polar surface area (TPSA) is 289 Å². The number of likely N-dealkylation sites (N-methyl/N-ethyl adjacent to an activating group) is 1. The number of aliphatic hydroxyl groups excluding tert-OH is 2. The number of carboxylic acids is 1. The van der Waals surface area contributed by atoms with Crippen molar-refractivity contribution < 1.29 is 77.9 Å². The highest BCUT2D eigenvalue weighted by atomic mass is 19.1. The number of aromatic nitrogens is 1. The number of benzene rings is 3. The molecular weight excluding hydrogens is 1040 g/mol. The van der Waals surface area contributed by atoms with Gasteiger partial charge in [0.15, 0.2) is 17.3 Å². The van der Waals surface area contributed by atoms with E-state index in [1.165, 1.54) is 66.3 Å². The number of phenols is 3. The van der Waals surface area contributed by atoms with Crippen molar-refractivity contribution in [2.45, 2.75) is 123 Å². The van der Waals surface area contributed by atoms with Crippen LogP contribution in [0.1, 0.15) is 112 Å². The van der Waals surface area contributed by atoms with Gasteiger partial charge in [-0.25, -0.2) is 9.18 Å². The van der Waals surface area contributed by atoms with Crippen molar-refractivity contribution in [2.24, 2.45) is 28.8 Å². The van der Waals surface area contributed by atoms with Gasteiger partial charge >= 0.3 is 17.7 Å². The van der Waals surface area contributed by atoms with Crippen molar-refractivity contribution in [2.75, 3.05) is 44.6 Å². The van der Waals surface area contributed by atoms with E-state index in [0.29, 0.717) is 19.4 Å². The lowest BCUT2D eigenvalue weighted by Gasteiger charge is -2.38. The highest BCUT2D eigenvalue weighted by Gasteiger charge is 2.50. The minimum atomic E-state index is -2.16. The molecule has 80 heavy (non-hydrogen) atoms. The van der Waals surface area contributed by atoms with Crippen LogP contribution in [0.4, 0.5) is 15.8 Å². The summed E-state index contributed by atoms with van der Waals surface area (Å²) >= 11 is 0. The number of hydrazone groups is 1. The van der Waals surface area contributed by atoms with E-state index in [1.807, 2.05) is 0 Å². The van der Waals surface area contributed by atoms with Gasteiger partial charge in [0.2, 0.25) is 5.43 Å². The predicted molar refractivity (Wildman–Crippen MR) is 294 cm³/mol. The molecule has 3 aromatic carbocycles. The molecule has 1 unspecified atom stereocenters. The van der Waals surface area contributed by atoms with E-state index >= 15 is 4.39 Å². The Morgan fingerprint density at radius 1 is 0.963 bits per heavy atom. The number of pyridine rings is 1. The van der Waals surface area contributed by atoms with Crippen molar-refractivity contribution in [3.05, 3.63) is 86.7 Å². The molecule has 9 rings (SSSR count). The molecule has 430 valence electrons. The normalized spacial score (nSPS) is 28.3. The molecule has 1 aromatic heterocycles. The van der Waals surface area contributed by atoms with Crippen molar-refractivity contribution in [1.82, 2.24) is 9.58 Å². The molecule has 1 aliphatic carbocycles. The number of hydrogen-bond donors (Lipinski definition) is 7. The number of aromatic hydroxyl groups is 3. The molecule has 5 heterocycles. The number of allylic oxidation sites excluding steroid dienone is 2. The third-order valence-corrected chi connectivity index (χ3v) is 16.2. The molecule has 0 radical (unpaired) electrons. The van der Waals surface area contributed by atoms with Crippen molar-refractivity contribution in [3.8, 4) is 28.7 Å². The first-order valence-electron chi connectivity index (χ1n) is 26.6. The summed E-state index contributed by atoms with van der Waals surface area (Å²) in [5.41, 5.74) is -1.92. The number of aromatic carboxylic acids is 1. The number of carbonyl (C=O) groups excluding carboxylic acids is 3. The van der Waals surface area contributed by atoms with Crippen LogP contribution >= 0.6 is 0 Å². The number of methoxy groups -OCH3 is 2. The number of phenolic OH excluding ortho intramolecular Hbond substituents is 3. The maximum Gasteiger partial charge on any atom is 0.341 e. The molecule has 4 aromatic rings. The molecule has 5 aliphatic rings. The third-order valence-electron chi connectivity index (χ3n) is 16.2. The van der Waals surface area contributed by atoms with Crippen molar-refractivity contribution in [1.29, 1.82) is 0 Å². The summed E-state index contributed by atoms with van der Waals surface area (Å²) in [4.78, 5) is 68.7. The summed E-state index contributed by atoms with van der Waals surface area (Å²) in [5.74, 6) is -11.6. The van der Waals surface area contributed by atoms with E-state index in [1.54, 1.807) is 55.3 Å². The van der Waals surface area contributed by atoms with E-state index in [4.69, 9.17) is 23.7 Å². The number of rotatable bonds is 9. The number of ketones is 1. The van der Waals surface area contributed by atoms with Gasteiger partial charge in [-0.2, -0.15) is 5.10 Å². The number of ether oxygens (including phenoxy) is 5. The van der Waals surface area contributed by atoms with Crippen LogP contribution in [0.5, 0.6) is 28.7 Å². The van der Waals surface area contributed by atoms with Crippen LogP contribution in [-0.4, -0.2) is 141 Å². The predicted octanol–water partition coefficient (Wildman–Crippen LogP) is 7.18. The number of nitrogens with one attached hydrogen (secondary N) is 1. The first-order chi connectivity index (χ1) is 37.8. The highest BCUT2D eigenvalue weighted by molar-refractivity contribution is 6.24. The molecule has 2 fully saturated rings. The lowest BCUT2D eigenvalue weighted by Crippen LogP contribution is -2.46. The third kappa shape index (κ3) is 10.6. The summed E-state index contributed by atoms with van der Waals surface area (Å²) in [6.07, 6.45) is 8.02. The standard InChI is InChI=1S/C58H70FN5O16/c1-26-14-12-15-27(2)56(73)61-43-36(23-60-62(9)34-16-13-20-63(24-34)45-38(59)22-35-44(54(45)77-11)64(33-17-18-33)25-37(49(35)69)57(74)75)50(70)40-41(51(43)71)48(68)31(6)53-42(40)55(72)58(8,80-53)78-21-19-39(76-10)28(3)52(79-32(7)65)30(5)47(67)29(4)46(26)66/h12,14-15,19,21-23,25-26,28-30,33-34,39,46-47,52,66-68,70-71H,13,16-18,20,24H2,1-11H3,(H,61,73)(H,74,75)/b14-12+,21-19+,27-15-,60-23+/t26-,28-,29-,30-,34?,39+,46+,47+,52-,58+/m1/s1. The zero-order valence-electron chi connectivity index (χ0n) is 46.6. The lowest BCUT2D eigenvalue weighted by molar-refractivity contribution is -0.160. The van der Waals surface area contributed by atoms with Gasteiger partial charge in [-0.05, 0) is 51.7 Å². The van der Waals surface area contributed by atoms with E-state index in [9.17, 15) is 54.6 Å². The maximum atomic E-state index is 16.5. The van der Waals surface area contributed by atoms with E-state index < -0.39 is 129 Å². The fraction of sp³-hybridized carbons (Fsp3) is 0.483. The Kier molecular flexibility index (Phi) is 16.7. The van der Waals surface area contributed by atoms with Gasteiger partial charge in [0.1, 0.15) is 34.6 Å². The largest absolute Gasteiger partial charge is 0.507 e. The van der Waals surface area contributed by atoms with Crippen LogP contribution in [0.25, 0.3) is 21.7 Å². The maximum absolute atomic E-state index is 16.5. The van der Waals surface area contributed by atoms with Crippen molar-refractivity contribution in [3.63, 3.8) is 0 Å². The monoisotopic (exact) mass is 1110 g/mol. The van der Waals surface area contributed by atoms with Crippen molar-refractivity contribution >= 4 is 62.9 Å². The number of piperidine rings is 1. The fourth-order valence-corrected chi connectivity index (χ4v) is 11.3. The molecule has 7 N–H and O–H groups in total. The van der Waals surface area contributed by atoms with Crippen LogP contribution < -0.4 is 25.1 Å². The number of aliphatic hydroxyl groups is 2. The van der Waals surface area contributed by atoms with Crippen LogP contribution in [0.3, 0.4) is 0 Å². The molecule has 10 atom stereocenters. The zero-order chi connectivity index (χ0) is 58.6. The SMILES string of the molecule is COc1c(N2CCCC(N(C)/N=C/c3c4c(O)c5c(O)c(C)c6c(c5c3O)C(=O)[C@@](C)(O/C=C/[C@H](OC)[C@@H](C)[C@@H](OC(C)=O)[C@H](C)[C@@H](O)[C@H](C)[C@@H](O)[C@H](C)/C=C/C=C(/C)C(=O)N4)O6)C2)c(F)cc2c(=O)c(C(=O)O)cn(C3CC3)c12. The van der Waals surface area contributed by atoms with Crippen LogP contribution in [-0.2, 0) is 23.8 Å². The number of nitrogens with zero attached hydrogens (tertiary/aromatic N) is 4. The Hall–Kier alpha value is -7.69. The smallest absolute Gasteiger partial charge is 0.341 e. The van der Waals surface area contributed by atoms with E-state index in [-0.39, 0.29) is 68.3 Å². The number of carbonyl (C=O) groups is 4. The summed E-state index contributed by atoms with van der Waals surface area (Å²) < 4.78 is 47.8. The number of Topliss-reactive ketones (excluding diaryl/α,β-unsaturated/α-hetero) is 1. The van der Waals surface area contributed by atoms with E-state index in [2.05, 4.69) is 10.4 Å². The summed E-state index contributed by atoms with van der Waals surface area (Å²) in [6, 6.07) is 0.452. The van der Waals surface area contributed by atoms with Gasteiger partial charge in [0.25, 0.3) is 11.7 Å². The Morgan fingerprint density at radius 2 is 1.66 bits per heavy atom. The minimum Gasteiger partial charge on any atom is -0.507 e. The number of fused-ring (bicyclic) bond motifs is 15. The van der Waals surface area contributed by atoms with Gasteiger partial charge in [-0.3, -0.25) is 24.2 Å². The van der Waals surface area contributed by atoms with Gasteiger partial charge in [0, 0.05) is 93.5 Å². The van der Waals surface area contributed by atoms with Crippen LogP contribution in [0, 0.1) is 36.4 Å². The average molecular weight is 1110 g/mol. The lowest BCUT2D eigenvalue weighted by atomic mass is 9.78. The quantitative estimate of drug-likeness (QED) is 0.0287. The molecular formula is C58H70FN5O16. The van der Waals surface area contributed by atoms with Crippen LogP contribution in [0.2, 0.25) is 0 Å². The molecule has 4 aliphatic heterocycles. The second-order valence-electron chi connectivity index (χ2n) is 21.6. The first kappa shape index (κ1) is 58.5. The number of hydrogen-bond acceptors (Lipinski definition) is 18. The van der Waals surface area contributed by atoms with Gasteiger partial charge < -0.3 is 69.1 Å². The second-order valence-corrected chi connectivity index (χ2v) is 21.6. The first-order valence-corrected chi connectivity index (χ1v) is 26.6. The molecule has 1 saturated carbocycles. The molecule has 1 saturated heterocycles. The molecule has 1 amide bonds. The molecule has 22 heteroatoms. The number of amides is 1. The molecule has 21 nitrogen and oxygen atoms in total. The van der Waals surface area contributed by atoms with Gasteiger partial charge in [0.05, 0.1) is 77.0 Å². The fourth-order valence-electron chi connectivity index (χ4n) is 11.3. The van der Waals surface area contributed by atoms with Gasteiger partial charge in [-0.15, -0.1) is 0 Å². The van der Waals surface area contributed by atoms with Gasteiger partial charge in [-0.1, -0.05) is 45.9 Å². The average Bonchev–Trinajstić information content (AvgIpc) is 4.38.